The van der Waals surface area contributed by atoms with Gasteiger partial charge in [-0.25, -0.2) is 9.59 Å². The number of nitrogens with one attached hydrogen (secondary N) is 1. The second-order valence-electron chi connectivity index (χ2n) is 4.24. The summed E-state index contributed by atoms with van der Waals surface area (Å²) in [5, 5.41) is 11.8. The van der Waals surface area contributed by atoms with Crippen molar-refractivity contribution in [2.45, 2.75) is 18.9 Å². The third-order valence-corrected chi connectivity index (χ3v) is 4.30. The lowest BCUT2D eigenvalue weighted by atomic mass is 10.2. The van der Waals surface area contributed by atoms with Crippen LogP contribution in [0, 0.1) is 3.57 Å². The van der Waals surface area contributed by atoms with Crippen molar-refractivity contribution < 1.29 is 14.7 Å². The zero-order valence-electron chi connectivity index (χ0n) is 9.90. The van der Waals surface area contributed by atoms with E-state index in [0.717, 1.165) is 14.5 Å². The van der Waals surface area contributed by atoms with E-state index in [0.29, 0.717) is 18.7 Å². The van der Waals surface area contributed by atoms with Crippen LogP contribution in [0.15, 0.2) is 22.7 Å². The molecule has 2 amide bonds. The van der Waals surface area contributed by atoms with E-state index < -0.39 is 12.0 Å². The van der Waals surface area contributed by atoms with E-state index in [-0.39, 0.29) is 6.03 Å². The molecular weight excluding hydrogens is 427 g/mol. The number of halogens is 2. The molecule has 19 heavy (non-hydrogen) atoms. The number of rotatable bonds is 2. The van der Waals surface area contributed by atoms with Crippen molar-refractivity contribution >= 4 is 56.2 Å². The molecule has 5 nitrogen and oxygen atoms in total. The smallest absolute Gasteiger partial charge is 0.326 e. The monoisotopic (exact) mass is 438 g/mol. The van der Waals surface area contributed by atoms with Crippen LogP contribution in [-0.4, -0.2) is 34.6 Å². The normalized spacial score (nSPS) is 18.4. The van der Waals surface area contributed by atoms with Crippen LogP contribution in [-0.2, 0) is 4.79 Å². The number of carbonyl (C=O) groups excluding carboxylic acids is 1. The average Bonchev–Trinajstić information content (AvgIpc) is 2.82. The van der Waals surface area contributed by atoms with Crippen LogP contribution in [0.25, 0.3) is 0 Å². The first-order chi connectivity index (χ1) is 8.99. The summed E-state index contributed by atoms with van der Waals surface area (Å²) in [5.41, 5.74) is 0.640. The topological polar surface area (TPSA) is 69.6 Å². The van der Waals surface area contributed by atoms with Crippen molar-refractivity contribution in [2.75, 3.05) is 11.9 Å². The number of amides is 2. The maximum Gasteiger partial charge on any atom is 0.326 e. The van der Waals surface area contributed by atoms with Gasteiger partial charge in [-0.2, -0.15) is 0 Å². The summed E-state index contributed by atoms with van der Waals surface area (Å²) in [6.07, 6.45) is 1.23. The highest BCUT2D eigenvalue weighted by Gasteiger charge is 2.34. The molecule has 1 saturated heterocycles. The maximum atomic E-state index is 12.1. The number of benzene rings is 1. The Morgan fingerprint density at radius 1 is 1.47 bits per heavy atom. The average molecular weight is 439 g/mol. The molecule has 1 aliphatic rings. The molecule has 102 valence electrons. The lowest BCUT2D eigenvalue weighted by molar-refractivity contribution is -0.141. The van der Waals surface area contributed by atoms with Gasteiger partial charge in [-0.3, -0.25) is 0 Å². The van der Waals surface area contributed by atoms with E-state index in [1.807, 2.05) is 12.1 Å². The van der Waals surface area contributed by atoms with Crippen molar-refractivity contribution in [3.63, 3.8) is 0 Å². The number of anilines is 1. The van der Waals surface area contributed by atoms with Gasteiger partial charge in [0.1, 0.15) is 6.04 Å². The molecular formula is C12H12BrIN2O3. The van der Waals surface area contributed by atoms with Crippen molar-refractivity contribution in [2.24, 2.45) is 0 Å². The number of carbonyl (C=O) groups is 2. The number of aliphatic carboxylic acids is 1. The fraction of sp³-hybridized carbons (Fsp3) is 0.333. The minimum Gasteiger partial charge on any atom is -0.480 e. The molecule has 0 radical (unpaired) electrons. The summed E-state index contributed by atoms with van der Waals surface area (Å²) in [7, 11) is 0. The Labute approximate surface area is 132 Å². The Morgan fingerprint density at radius 3 is 2.84 bits per heavy atom. The first kappa shape index (κ1) is 14.6. The zero-order chi connectivity index (χ0) is 14.0. The first-order valence-electron chi connectivity index (χ1n) is 5.74. The van der Waals surface area contributed by atoms with Gasteiger partial charge in [0.15, 0.2) is 0 Å². The SMILES string of the molecule is O=C(O)C1CCCN1C(=O)Nc1ccc(I)cc1Br. The minimum atomic E-state index is -0.950. The highest BCUT2D eigenvalue weighted by molar-refractivity contribution is 14.1. The highest BCUT2D eigenvalue weighted by Crippen LogP contribution is 2.26. The largest absolute Gasteiger partial charge is 0.480 e. The summed E-state index contributed by atoms with van der Waals surface area (Å²) >= 11 is 5.55. The number of carboxylic acid groups (broad SMARTS) is 1. The third kappa shape index (κ3) is 3.38. The molecule has 1 heterocycles. The molecule has 1 fully saturated rings. The second kappa shape index (κ2) is 6.08. The molecule has 1 aromatic carbocycles. The molecule has 0 aromatic heterocycles. The Kier molecular flexibility index (Phi) is 4.67. The van der Waals surface area contributed by atoms with Crippen molar-refractivity contribution in [1.82, 2.24) is 4.90 Å². The summed E-state index contributed by atoms with van der Waals surface area (Å²) in [4.78, 5) is 24.5. The van der Waals surface area contributed by atoms with Gasteiger partial charge in [-0.1, -0.05) is 0 Å². The van der Waals surface area contributed by atoms with Gasteiger partial charge in [-0.05, 0) is 69.6 Å². The first-order valence-corrected chi connectivity index (χ1v) is 7.61. The molecule has 0 bridgehead atoms. The molecule has 1 aromatic rings. The molecule has 0 spiro atoms. The predicted molar refractivity (Wildman–Crippen MR) is 83.2 cm³/mol. The molecule has 0 aliphatic carbocycles. The summed E-state index contributed by atoms with van der Waals surface area (Å²) in [6.45, 7) is 0.477. The van der Waals surface area contributed by atoms with Crippen LogP contribution in [0.3, 0.4) is 0 Å². The van der Waals surface area contributed by atoms with Crippen LogP contribution < -0.4 is 5.32 Å². The number of hydrogen-bond donors (Lipinski definition) is 2. The second-order valence-corrected chi connectivity index (χ2v) is 6.34. The van der Waals surface area contributed by atoms with Gasteiger partial charge in [0.25, 0.3) is 0 Å². The lowest BCUT2D eigenvalue weighted by Gasteiger charge is -2.22. The summed E-state index contributed by atoms with van der Waals surface area (Å²) in [6, 6.07) is 4.46. The van der Waals surface area contributed by atoms with Crippen LogP contribution in [0.4, 0.5) is 10.5 Å². The Balaban J connectivity index is 2.10. The number of nitrogens with zero attached hydrogens (tertiary/aromatic N) is 1. The highest BCUT2D eigenvalue weighted by atomic mass is 127. The lowest BCUT2D eigenvalue weighted by Crippen LogP contribution is -2.42. The van der Waals surface area contributed by atoms with Crippen molar-refractivity contribution in [3.8, 4) is 0 Å². The van der Waals surface area contributed by atoms with Gasteiger partial charge in [-0.15, -0.1) is 0 Å². The van der Waals surface area contributed by atoms with Crippen LogP contribution in [0.5, 0.6) is 0 Å². The van der Waals surface area contributed by atoms with E-state index in [1.54, 1.807) is 6.07 Å². The Hall–Kier alpha value is -0.830. The van der Waals surface area contributed by atoms with E-state index in [4.69, 9.17) is 5.11 Å². The van der Waals surface area contributed by atoms with Gasteiger partial charge in [0, 0.05) is 14.6 Å². The molecule has 7 heteroatoms. The van der Waals surface area contributed by atoms with Gasteiger partial charge >= 0.3 is 12.0 Å². The van der Waals surface area contributed by atoms with Crippen LogP contribution >= 0.6 is 38.5 Å². The van der Waals surface area contributed by atoms with E-state index in [1.165, 1.54) is 4.90 Å². The van der Waals surface area contributed by atoms with Crippen molar-refractivity contribution in [1.29, 1.82) is 0 Å². The molecule has 1 aliphatic heterocycles. The van der Waals surface area contributed by atoms with Gasteiger partial charge in [0.05, 0.1) is 5.69 Å². The Morgan fingerprint density at radius 2 is 2.21 bits per heavy atom. The van der Waals surface area contributed by atoms with E-state index in [9.17, 15) is 9.59 Å². The maximum absolute atomic E-state index is 12.1. The van der Waals surface area contributed by atoms with Gasteiger partial charge in [0.2, 0.25) is 0 Å². The van der Waals surface area contributed by atoms with Crippen LogP contribution in [0.2, 0.25) is 0 Å². The molecule has 2 N–H and O–H groups in total. The standard InChI is InChI=1S/C12H12BrIN2O3/c13-8-6-7(14)3-4-9(8)15-12(19)16-5-1-2-10(16)11(17)18/h3-4,6,10H,1-2,5H2,(H,15,19)(H,17,18). The van der Waals surface area contributed by atoms with E-state index >= 15 is 0 Å². The third-order valence-electron chi connectivity index (χ3n) is 2.97. The molecule has 2 rings (SSSR count). The van der Waals surface area contributed by atoms with Crippen LogP contribution in [0.1, 0.15) is 12.8 Å². The minimum absolute atomic E-state index is 0.369. The molecule has 1 unspecified atom stereocenters. The predicted octanol–water partition coefficient (Wildman–Crippen LogP) is 3.13. The molecule has 1 atom stereocenters. The number of urea groups is 1. The number of carboxylic acids is 1. The fourth-order valence-corrected chi connectivity index (χ4v) is 3.44. The van der Waals surface area contributed by atoms with Gasteiger partial charge < -0.3 is 15.3 Å². The molecule has 0 saturated carbocycles. The summed E-state index contributed by atoms with van der Waals surface area (Å²) in [5.74, 6) is -0.950. The number of likely N-dealkylation sites (tertiary alicyclic amines) is 1. The zero-order valence-corrected chi connectivity index (χ0v) is 13.6. The summed E-state index contributed by atoms with van der Waals surface area (Å²) < 4.78 is 1.82. The Bertz CT molecular complexity index is 524. The fourth-order valence-electron chi connectivity index (χ4n) is 2.04. The van der Waals surface area contributed by atoms with E-state index in [2.05, 4.69) is 43.8 Å². The van der Waals surface area contributed by atoms with Crippen molar-refractivity contribution in [3.05, 3.63) is 26.2 Å². The number of hydrogen-bond acceptors (Lipinski definition) is 2. The quantitative estimate of drug-likeness (QED) is 0.697.